The zero-order valence-electron chi connectivity index (χ0n) is 13.7. The van der Waals surface area contributed by atoms with Crippen LogP contribution in [-0.4, -0.2) is 44.2 Å². The maximum atomic E-state index is 13.5. The predicted octanol–water partition coefficient (Wildman–Crippen LogP) is 5.71. The summed E-state index contributed by atoms with van der Waals surface area (Å²) in [4.78, 5) is -0.846. The molecule has 172 valence electrons. The molecule has 0 unspecified atom stereocenters. The number of allylic oxidation sites excluding steroid dienone is 1. The summed E-state index contributed by atoms with van der Waals surface area (Å²) in [5, 5.41) is -0.813. The lowest BCUT2D eigenvalue weighted by Crippen LogP contribution is -2.69. The zero-order valence-corrected chi connectivity index (χ0v) is 14.5. The van der Waals surface area contributed by atoms with E-state index in [4.69, 9.17) is 0 Å². The Morgan fingerprint density at radius 2 is 1.00 bits per heavy atom. The fraction of sp³-hybridized carbons (Fsp3) is 0.429. The van der Waals surface area contributed by atoms with Crippen LogP contribution in [0.1, 0.15) is 0 Å². The molecule has 0 amide bonds. The van der Waals surface area contributed by atoms with E-state index in [0.717, 1.165) is 24.3 Å². The van der Waals surface area contributed by atoms with Crippen LogP contribution in [0, 0.1) is 0 Å². The molecule has 0 aliphatic rings. The van der Waals surface area contributed by atoms with E-state index in [1.807, 2.05) is 0 Å². The molecule has 1 rings (SSSR count). The lowest BCUT2D eigenvalue weighted by Gasteiger charge is -2.39. The minimum absolute atomic E-state index is 0.725. The van der Waals surface area contributed by atoms with E-state index in [1.54, 1.807) is 0 Å². The first-order chi connectivity index (χ1) is 13.1. The lowest BCUT2D eigenvalue weighted by atomic mass is 9.94. The van der Waals surface area contributed by atoms with E-state index in [-0.39, 0.29) is 0 Å². The molecule has 0 heterocycles. The van der Waals surface area contributed by atoms with Crippen LogP contribution in [0.25, 0.3) is 0 Å². The smallest absolute Gasteiger partial charge is 0.219 e. The van der Waals surface area contributed by atoms with Crippen molar-refractivity contribution in [2.45, 2.75) is 40.7 Å². The Morgan fingerprint density at radius 1 is 0.600 bits per heavy atom. The molecule has 1 aromatic rings. The van der Waals surface area contributed by atoms with Gasteiger partial charge in [0.15, 0.2) is 9.84 Å². The van der Waals surface area contributed by atoms with Gasteiger partial charge in [-0.15, -0.1) is 0 Å². The van der Waals surface area contributed by atoms with Crippen LogP contribution in [0.2, 0.25) is 0 Å². The monoisotopic (exact) mass is 486 g/mol. The second kappa shape index (κ2) is 7.30. The summed E-state index contributed by atoms with van der Waals surface area (Å²) in [5.74, 6) is -38.1. The third-order valence-corrected chi connectivity index (χ3v) is 4.91. The Hall–Kier alpha value is -2.00. The van der Waals surface area contributed by atoms with Crippen molar-refractivity contribution in [2.24, 2.45) is 0 Å². The van der Waals surface area contributed by atoms with Gasteiger partial charge in [0.25, 0.3) is 0 Å². The Bertz CT molecular complexity index is 886. The van der Waals surface area contributed by atoms with Gasteiger partial charge in [-0.25, -0.2) is 8.42 Å². The van der Waals surface area contributed by atoms with Crippen LogP contribution in [0.5, 0.6) is 0 Å². The van der Waals surface area contributed by atoms with Crippen LogP contribution in [0.3, 0.4) is 0 Å². The molecule has 16 heteroatoms. The number of rotatable bonds is 7. The third-order valence-electron chi connectivity index (χ3n) is 3.49. The highest BCUT2D eigenvalue weighted by atomic mass is 32.2. The molecule has 0 spiro atoms. The van der Waals surface area contributed by atoms with Gasteiger partial charge in [-0.2, -0.15) is 57.1 Å². The Balaban J connectivity index is 3.46. The molecule has 0 aromatic heterocycles. The molecule has 2 nitrogen and oxygen atoms in total. The van der Waals surface area contributed by atoms with Crippen molar-refractivity contribution in [3.8, 4) is 0 Å². The molecule has 0 bridgehead atoms. The second-order valence-electron chi connectivity index (χ2n) is 5.58. The number of hydrogen-bond donors (Lipinski definition) is 0. The molecule has 0 N–H and O–H groups in total. The van der Waals surface area contributed by atoms with Gasteiger partial charge in [0.2, 0.25) is 0 Å². The molecule has 0 saturated carbocycles. The van der Waals surface area contributed by atoms with Crippen LogP contribution in [0.15, 0.2) is 46.7 Å². The van der Waals surface area contributed by atoms with Gasteiger partial charge in [0.1, 0.15) is 0 Å². The van der Waals surface area contributed by atoms with Gasteiger partial charge in [0.05, 0.1) is 4.90 Å². The van der Waals surface area contributed by atoms with Gasteiger partial charge in [-0.3, -0.25) is 0 Å². The number of benzene rings is 1. The van der Waals surface area contributed by atoms with Gasteiger partial charge >= 0.3 is 35.8 Å². The lowest BCUT2D eigenvalue weighted by molar-refractivity contribution is -0.436. The number of alkyl halides is 13. The minimum atomic E-state index is -8.04. The van der Waals surface area contributed by atoms with Crippen molar-refractivity contribution < 1.29 is 65.5 Å². The molecule has 30 heavy (non-hydrogen) atoms. The highest BCUT2D eigenvalue weighted by molar-refractivity contribution is 7.94. The molecule has 0 aliphatic carbocycles. The van der Waals surface area contributed by atoms with E-state index in [2.05, 4.69) is 0 Å². The van der Waals surface area contributed by atoms with Crippen molar-refractivity contribution in [1.29, 1.82) is 0 Å². The topological polar surface area (TPSA) is 34.1 Å². The summed E-state index contributed by atoms with van der Waals surface area (Å²) in [5.41, 5.74) is 0. The standard InChI is InChI=1S/C14H7F13O2S/c15-9(16,6-7-30(28,29)8-4-2-1-3-5-8)10(17,18)11(19,20)12(21,22)13(23,24)14(25,26)27/h1-7H/b7-6+. The predicted molar refractivity (Wildman–Crippen MR) is 73.6 cm³/mol. The average molecular weight is 486 g/mol. The largest absolute Gasteiger partial charge is 0.460 e. The first-order valence-electron chi connectivity index (χ1n) is 7.01. The molecule has 0 atom stereocenters. The molecular weight excluding hydrogens is 479 g/mol. The normalized spacial score (nSPS) is 15.6. The number of halogens is 13. The Morgan fingerprint density at radius 3 is 1.40 bits per heavy atom. The van der Waals surface area contributed by atoms with Gasteiger partial charge < -0.3 is 0 Å². The highest BCUT2D eigenvalue weighted by Gasteiger charge is 2.90. The van der Waals surface area contributed by atoms with Crippen molar-refractivity contribution in [3.63, 3.8) is 0 Å². The van der Waals surface area contributed by atoms with Crippen LogP contribution >= 0.6 is 0 Å². The van der Waals surface area contributed by atoms with E-state index in [0.29, 0.717) is 0 Å². The Kier molecular flexibility index (Phi) is 6.34. The van der Waals surface area contributed by atoms with Crippen molar-refractivity contribution >= 4 is 9.84 Å². The summed E-state index contributed by atoms with van der Waals surface area (Å²) in [6.07, 6.45) is -9.04. The quantitative estimate of drug-likeness (QED) is 0.463. The van der Waals surface area contributed by atoms with E-state index in [9.17, 15) is 65.5 Å². The summed E-state index contributed by atoms with van der Waals surface area (Å²) < 4.78 is 191. The summed E-state index contributed by atoms with van der Waals surface area (Å²) in [6, 6.07) is 4.70. The van der Waals surface area contributed by atoms with Crippen LogP contribution in [0.4, 0.5) is 57.1 Å². The number of hydrogen-bond acceptors (Lipinski definition) is 2. The van der Waals surface area contributed by atoms with Crippen LogP contribution < -0.4 is 0 Å². The van der Waals surface area contributed by atoms with Crippen LogP contribution in [-0.2, 0) is 9.84 Å². The minimum Gasteiger partial charge on any atom is -0.219 e. The average Bonchev–Trinajstić information content (AvgIpc) is 2.59. The van der Waals surface area contributed by atoms with Gasteiger partial charge in [0, 0.05) is 11.5 Å². The number of sulfone groups is 1. The molecule has 1 aromatic carbocycles. The van der Waals surface area contributed by atoms with Gasteiger partial charge in [-0.05, 0) is 12.1 Å². The van der Waals surface area contributed by atoms with E-state index in [1.165, 1.54) is 6.07 Å². The zero-order chi connectivity index (χ0) is 24.0. The molecular formula is C14H7F13O2S. The highest BCUT2D eigenvalue weighted by Crippen LogP contribution is 2.60. The second-order valence-corrected chi connectivity index (χ2v) is 7.41. The van der Waals surface area contributed by atoms with E-state index < -0.39 is 62.0 Å². The maximum absolute atomic E-state index is 13.5. The summed E-state index contributed by atoms with van der Waals surface area (Å²) >= 11 is 0. The van der Waals surface area contributed by atoms with E-state index >= 15 is 0 Å². The molecule has 0 aliphatic heterocycles. The Labute approximate surface area is 158 Å². The fourth-order valence-electron chi connectivity index (χ4n) is 1.75. The SMILES string of the molecule is O=S(=O)(/C=C/C(F)(F)C(F)(F)C(F)(F)C(F)(F)C(F)(F)C(F)(F)F)c1ccccc1. The molecule has 0 fully saturated rings. The molecule has 0 saturated heterocycles. The maximum Gasteiger partial charge on any atom is 0.460 e. The first-order valence-corrected chi connectivity index (χ1v) is 8.56. The van der Waals surface area contributed by atoms with Crippen molar-refractivity contribution in [3.05, 3.63) is 41.8 Å². The summed E-state index contributed by atoms with van der Waals surface area (Å²) in [7, 11) is -5.04. The first kappa shape index (κ1) is 26.0. The van der Waals surface area contributed by atoms with Gasteiger partial charge in [-0.1, -0.05) is 18.2 Å². The fourth-order valence-corrected chi connectivity index (χ4v) is 2.79. The molecule has 0 radical (unpaired) electrons. The van der Waals surface area contributed by atoms with Crippen molar-refractivity contribution in [2.75, 3.05) is 0 Å². The van der Waals surface area contributed by atoms with Crippen molar-refractivity contribution in [1.82, 2.24) is 0 Å². The summed E-state index contributed by atoms with van der Waals surface area (Å²) in [6.45, 7) is 0. The third kappa shape index (κ3) is 3.97.